The maximum atomic E-state index is 6.11. The topological polar surface area (TPSA) is 18.5 Å². The van der Waals surface area contributed by atoms with Crippen LogP contribution in [0, 0.1) is 0 Å². The number of rotatable bonds is 12. The summed E-state index contributed by atoms with van der Waals surface area (Å²) in [6.07, 6.45) is 5.28. The quantitative estimate of drug-likeness (QED) is 0.411. The first-order valence-electron chi connectivity index (χ1n) is 8.06. The van der Waals surface area contributed by atoms with Crippen LogP contribution in [-0.2, 0) is 15.6 Å². The lowest BCUT2D eigenvalue weighted by Crippen LogP contribution is -2.20. The fourth-order valence-corrected chi connectivity index (χ4v) is 4.15. The van der Waals surface area contributed by atoms with Crippen LogP contribution in [0.2, 0.25) is 12.1 Å². The van der Waals surface area contributed by atoms with E-state index in [0.717, 1.165) is 38.7 Å². The van der Waals surface area contributed by atoms with Crippen LogP contribution < -0.4 is 0 Å². The van der Waals surface area contributed by atoms with E-state index in [1.54, 1.807) is 0 Å². The van der Waals surface area contributed by atoms with Gasteiger partial charge in [-0.25, -0.2) is 0 Å². The van der Waals surface area contributed by atoms with E-state index in [1.807, 2.05) is 13.0 Å². The summed E-state index contributed by atoms with van der Waals surface area (Å²) in [4.78, 5) is 0. The van der Waals surface area contributed by atoms with Gasteiger partial charge in [0.1, 0.15) is 0 Å². The minimum atomic E-state index is -0.676. The molecule has 0 N–H and O–H groups in total. The van der Waals surface area contributed by atoms with Gasteiger partial charge in [0.15, 0.2) is 0 Å². The molecule has 0 saturated carbocycles. The molecule has 1 radical (unpaired) electrons. The van der Waals surface area contributed by atoms with Gasteiger partial charge in [-0.15, -0.1) is 0 Å². The third-order valence-electron chi connectivity index (χ3n) is 3.36. The van der Waals surface area contributed by atoms with Crippen molar-refractivity contribution in [2.24, 2.45) is 0 Å². The number of ether oxygens (including phenoxy) is 1. The van der Waals surface area contributed by atoms with E-state index in [0.29, 0.717) is 0 Å². The molecular weight excluding hydrogens is 276 g/mol. The van der Waals surface area contributed by atoms with Gasteiger partial charge in [-0.05, 0) is 43.0 Å². The lowest BCUT2D eigenvalue weighted by Gasteiger charge is -2.14. The maximum absolute atomic E-state index is 6.11. The van der Waals surface area contributed by atoms with Gasteiger partial charge in [-0.3, -0.25) is 0 Å². The average Bonchev–Trinajstić information content (AvgIpc) is 2.52. The molecule has 0 unspecified atom stereocenters. The standard InChI is InChI=1S/C18H29O2Si/c1-4-14-21(15-13-19-6-3)20-12-8-11-18-10-7-9-17(5-2)16-18/h5,7,9-10,16H,2,4,6,8,11-15H2,1,3H3. The molecule has 0 aliphatic heterocycles. The summed E-state index contributed by atoms with van der Waals surface area (Å²) in [6, 6.07) is 10.9. The number of hydrogen-bond donors (Lipinski definition) is 0. The first-order valence-corrected chi connectivity index (χ1v) is 9.89. The van der Waals surface area contributed by atoms with Gasteiger partial charge in [0.05, 0.1) is 0 Å². The summed E-state index contributed by atoms with van der Waals surface area (Å²) >= 11 is 0. The number of hydrogen-bond acceptors (Lipinski definition) is 2. The second-order valence-corrected chi connectivity index (χ2v) is 7.50. The highest BCUT2D eigenvalue weighted by Crippen LogP contribution is 2.10. The Hall–Kier alpha value is -0.903. The molecule has 0 aromatic heterocycles. The van der Waals surface area contributed by atoms with E-state index in [2.05, 4.69) is 37.8 Å². The highest BCUT2D eigenvalue weighted by Gasteiger charge is 2.11. The van der Waals surface area contributed by atoms with Crippen molar-refractivity contribution in [1.29, 1.82) is 0 Å². The molecule has 1 aromatic carbocycles. The van der Waals surface area contributed by atoms with Gasteiger partial charge < -0.3 is 9.16 Å². The largest absolute Gasteiger partial charge is 0.417 e. The Morgan fingerprint density at radius 2 is 2.05 bits per heavy atom. The average molecular weight is 306 g/mol. The first kappa shape index (κ1) is 18.1. The minimum Gasteiger partial charge on any atom is -0.417 e. The van der Waals surface area contributed by atoms with E-state index >= 15 is 0 Å². The Morgan fingerprint density at radius 3 is 2.76 bits per heavy atom. The molecule has 0 saturated heterocycles. The lowest BCUT2D eigenvalue weighted by atomic mass is 10.1. The highest BCUT2D eigenvalue weighted by molar-refractivity contribution is 6.51. The molecule has 3 heteroatoms. The predicted octanol–water partition coefficient (Wildman–Crippen LogP) is 4.72. The molecule has 0 amide bonds. The summed E-state index contributed by atoms with van der Waals surface area (Å²) in [7, 11) is -0.676. The maximum Gasteiger partial charge on any atom is 0.213 e. The molecule has 0 fully saturated rings. The van der Waals surface area contributed by atoms with Crippen LogP contribution in [0.15, 0.2) is 30.8 Å². The van der Waals surface area contributed by atoms with Crippen LogP contribution in [0.3, 0.4) is 0 Å². The zero-order valence-corrected chi connectivity index (χ0v) is 14.6. The summed E-state index contributed by atoms with van der Waals surface area (Å²) in [5, 5.41) is 0. The van der Waals surface area contributed by atoms with Crippen LogP contribution in [0.4, 0.5) is 0 Å². The van der Waals surface area contributed by atoms with E-state index in [4.69, 9.17) is 9.16 Å². The molecule has 0 aliphatic carbocycles. The molecule has 0 aliphatic rings. The monoisotopic (exact) mass is 305 g/mol. The third kappa shape index (κ3) is 8.20. The zero-order chi connectivity index (χ0) is 15.3. The van der Waals surface area contributed by atoms with Gasteiger partial charge in [-0.2, -0.15) is 0 Å². The van der Waals surface area contributed by atoms with Crippen molar-refractivity contribution in [3.05, 3.63) is 42.0 Å². The van der Waals surface area contributed by atoms with Crippen molar-refractivity contribution in [2.45, 2.75) is 45.2 Å². The summed E-state index contributed by atoms with van der Waals surface area (Å²) in [6.45, 7) is 10.6. The van der Waals surface area contributed by atoms with E-state index in [-0.39, 0.29) is 0 Å². The van der Waals surface area contributed by atoms with Gasteiger partial charge in [0.2, 0.25) is 9.04 Å². The Morgan fingerprint density at radius 1 is 1.19 bits per heavy atom. The van der Waals surface area contributed by atoms with E-state index < -0.39 is 9.04 Å². The molecule has 0 heterocycles. The van der Waals surface area contributed by atoms with Gasteiger partial charge >= 0.3 is 0 Å². The van der Waals surface area contributed by atoms with Crippen molar-refractivity contribution in [2.75, 3.05) is 19.8 Å². The van der Waals surface area contributed by atoms with Gasteiger partial charge in [0.25, 0.3) is 0 Å². The van der Waals surface area contributed by atoms with E-state index in [9.17, 15) is 0 Å². The zero-order valence-electron chi connectivity index (χ0n) is 13.6. The van der Waals surface area contributed by atoms with Crippen LogP contribution in [-0.4, -0.2) is 28.9 Å². The molecule has 0 bridgehead atoms. The SMILES string of the molecule is C=Cc1cccc(CCCO[Si](CCC)CCOCC)c1. The Bertz CT molecular complexity index is 393. The van der Waals surface area contributed by atoms with Crippen LogP contribution >= 0.6 is 0 Å². The number of aryl methyl sites for hydroxylation is 1. The van der Waals surface area contributed by atoms with Crippen molar-refractivity contribution in [3.63, 3.8) is 0 Å². The van der Waals surface area contributed by atoms with Crippen LogP contribution in [0.25, 0.3) is 6.08 Å². The molecule has 1 aromatic rings. The first-order chi connectivity index (χ1) is 10.3. The smallest absolute Gasteiger partial charge is 0.213 e. The molecular formula is C18H29O2Si. The van der Waals surface area contributed by atoms with E-state index in [1.165, 1.54) is 23.6 Å². The summed E-state index contributed by atoms with van der Waals surface area (Å²) in [5.41, 5.74) is 2.57. The van der Waals surface area contributed by atoms with Crippen molar-refractivity contribution < 1.29 is 9.16 Å². The molecule has 21 heavy (non-hydrogen) atoms. The second kappa shape index (κ2) is 11.7. The molecule has 117 valence electrons. The minimum absolute atomic E-state index is 0.676. The highest BCUT2D eigenvalue weighted by atomic mass is 28.3. The summed E-state index contributed by atoms with van der Waals surface area (Å²) in [5.74, 6) is 0. The van der Waals surface area contributed by atoms with Crippen LogP contribution in [0.1, 0.15) is 37.8 Å². The van der Waals surface area contributed by atoms with Crippen LogP contribution in [0.5, 0.6) is 0 Å². The Balaban J connectivity index is 2.24. The molecule has 2 nitrogen and oxygen atoms in total. The fourth-order valence-electron chi connectivity index (χ4n) is 2.25. The second-order valence-electron chi connectivity index (χ2n) is 5.14. The van der Waals surface area contributed by atoms with Crippen molar-refractivity contribution >= 4 is 15.1 Å². The number of benzene rings is 1. The fraction of sp³-hybridized carbons (Fsp3) is 0.556. The molecule has 1 rings (SSSR count). The Kier molecular flexibility index (Phi) is 10.1. The Labute approximate surface area is 131 Å². The predicted molar refractivity (Wildman–Crippen MR) is 93.0 cm³/mol. The third-order valence-corrected chi connectivity index (χ3v) is 5.79. The molecule has 0 atom stereocenters. The van der Waals surface area contributed by atoms with Gasteiger partial charge in [-0.1, -0.05) is 50.3 Å². The lowest BCUT2D eigenvalue weighted by molar-refractivity contribution is 0.157. The van der Waals surface area contributed by atoms with Gasteiger partial charge in [0, 0.05) is 19.8 Å². The molecule has 0 spiro atoms. The van der Waals surface area contributed by atoms with Crippen molar-refractivity contribution in [3.8, 4) is 0 Å². The van der Waals surface area contributed by atoms with Crippen molar-refractivity contribution in [1.82, 2.24) is 0 Å². The normalized spacial score (nSPS) is 11.0. The summed E-state index contributed by atoms with van der Waals surface area (Å²) < 4.78 is 11.6.